The van der Waals surface area contributed by atoms with E-state index in [0.717, 1.165) is 5.56 Å². The van der Waals surface area contributed by atoms with E-state index in [9.17, 15) is 9.70 Å². The van der Waals surface area contributed by atoms with Gasteiger partial charge in [0.1, 0.15) is 17.8 Å². The Hall–Kier alpha value is -3.43. The van der Waals surface area contributed by atoms with Gasteiger partial charge in [0.25, 0.3) is 0 Å². The molecular formula is C21H27N5O5. The summed E-state index contributed by atoms with van der Waals surface area (Å²) in [5.41, 5.74) is 1.04. The third-order valence-corrected chi connectivity index (χ3v) is 5.18. The average molecular weight is 429 g/mol. The Morgan fingerprint density at radius 3 is 2.42 bits per heavy atom. The number of anilines is 2. The molecule has 1 aromatic carbocycles. The van der Waals surface area contributed by atoms with Crippen molar-refractivity contribution in [2.45, 2.75) is 26.3 Å². The van der Waals surface area contributed by atoms with Crippen LogP contribution in [0.4, 0.5) is 17.3 Å². The van der Waals surface area contributed by atoms with Crippen LogP contribution in [0.15, 0.2) is 29.7 Å². The van der Waals surface area contributed by atoms with E-state index in [2.05, 4.69) is 20.5 Å². The number of piperidine rings is 1. The molecule has 1 aromatic heterocycles. The molecular weight excluding hydrogens is 402 g/mol. The summed E-state index contributed by atoms with van der Waals surface area (Å²) in [5.74, 6) is 1.82. The van der Waals surface area contributed by atoms with E-state index in [4.69, 9.17) is 14.2 Å². The van der Waals surface area contributed by atoms with Crippen molar-refractivity contribution in [1.29, 1.82) is 0 Å². The van der Waals surface area contributed by atoms with Gasteiger partial charge in [0.2, 0.25) is 0 Å². The lowest BCUT2D eigenvalue weighted by molar-refractivity contribution is -0.148. The van der Waals surface area contributed by atoms with Crippen LogP contribution in [-0.4, -0.2) is 49.9 Å². The standard InChI is InChI=1S/C21H27N5O5/c1-4-31-21(27)15-5-7-26(8-6-15)20-18(25-28)19(23-13-24-20)22-12-14-9-16(29-2)11-17(10-14)30-3/h9-11,13,15H,4-8,12H2,1-3H3,(H,22,23,24). The van der Waals surface area contributed by atoms with Crippen LogP contribution in [0.1, 0.15) is 25.3 Å². The minimum absolute atomic E-state index is 0.133. The van der Waals surface area contributed by atoms with Gasteiger partial charge in [-0.1, -0.05) is 0 Å². The van der Waals surface area contributed by atoms with Crippen LogP contribution in [-0.2, 0) is 16.1 Å². The molecule has 3 rings (SSSR count). The predicted molar refractivity (Wildman–Crippen MR) is 116 cm³/mol. The van der Waals surface area contributed by atoms with Crippen molar-refractivity contribution in [1.82, 2.24) is 9.97 Å². The second-order valence-electron chi connectivity index (χ2n) is 7.07. The molecule has 31 heavy (non-hydrogen) atoms. The molecule has 2 aromatic rings. The molecule has 0 bridgehead atoms. The molecule has 10 nitrogen and oxygen atoms in total. The largest absolute Gasteiger partial charge is 0.497 e. The Morgan fingerprint density at radius 1 is 1.16 bits per heavy atom. The topological polar surface area (TPSA) is 115 Å². The third kappa shape index (κ3) is 5.39. The summed E-state index contributed by atoms with van der Waals surface area (Å²) in [6.45, 7) is 3.72. The number of nitrogens with one attached hydrogen (secondary N) is 1. The van der Waals surface area contributed by atoms with Crippen molar-refractivity contribution in [3.63, 3.8) is 0 Å². The van der Waals surface area contributed by atoms with Crippen LogP contribution in [0.2, 0.25) is 0 Å². The minimum atomic E-state index is -0.172. The first-order chi connectivity index (χ1) is 15.1. The number of nitroso groups, excluding NO2 is 1. The van der Waals surface area contributed by atoms with Gasteiger partial charge in [-0.3, -0.25) is 4.79 Å². The lowest BCUT2D eigenvalue weighted by Gasteiger charge is -2.32. The number of methoxy groups -OCH3 is 2. The zero-order chi connectivity index (χ0) is 22.2. The lowest BCUT2D eigenvalue weighted by atomic mass is 9.97. The Morgan fingerprint density at radius 2 is 1.84 bits per heavy atom. The van der Waals surface area contributed by atoms with Gasteiger partial charge < -0.3 is 24.4 Å². The number of esters is 1. The van der Waals surface area contributed by atoms with E-state index in [0.29, 0.717) is 62.2 Å². The second kappa shape index (κ2) is 10.6. The molecule has 0 spiro atoms. The molecule has 0 aliphatic carbocycles. The summed E-state index contributed by atoms with van der Waals surface area (Å²) in [6.07, 6.45) is 2.66. The number of hydrogen-bond acceptors (Lipinski definition) is 10. The quantitative estimate of drug-likeness (QED) is 0.473. The predicted octanol–water partition coefficient (Wildman–Crippen LogP) is 3.28. The van der Waals surface area contributed by atoms with Gasteiger partial charge in [-0.05, 0) is 42.6 Å². The van der Waals surface area contributed by atoms with E-state index < -0.39 is 0 Å². The molecule has 1 aliphatic heterocycles. The first-order valence-electron chi connectivity index (χ1n) is 10.1. The maximum absolute atomic E-state index is 12.0. The van der Waals surface area contributed by atoms with Crippen molar-refractivity contribution in [3.8, 4) is 11.5 Å². The molecule has 0 unspecified atom stereocenters. The monoisotopic (exact) mass is 429 g/mol. The third-order valence-electron chi connectivity index (χ3n) is 5.18. The Bertz CT molecular complexity index is 893. The van der Waals surface area contributed by atoms with Crippen molar-refractivity contribution < 1.29 is 19.0 Å². The van der Waals surface area contributed by atoms with E-state index in [1.807, 2.05) is 17.0 Å². The van der Waals surface area contributed by atoms with Crippen LogP contribution in [0.25, 0.3) is 0 Å². The highest BCUT2D eigenvalue weighted by Gasteiger charge is 2.28. The number of rotatable bonds is 9. The zero-order valence-electron chi connectivity index (χ0n) is 18.0. The normalized spacial score (nSPS) is 14.1. The Balaban J connectivity index is 1.72. The molecule has 0 atom stereocenters. The molecule has 0 saturated carbocycles. The van der Waals surface area contributed by atoms with Crippen LogP contribution in [0.5, 0.6) is 11.5 Å². The molecule has 1 aliphatic rings. The average Bonchev–Trinajstić information content (AvgIpc) is 2.82. The lowest BCUT2D eigenvalue weighted by Crippen LogP contribution is -2.37. The molecule has 1 fully saturated rings. The molecule has 2 heterocycles. The molecule has 0 radical (unpaired) electrons. The zero-order valence-corrected chi connectivity index (χ0v) is 18.0. The van der Waals surface area contributed by atoms with E-state index in [-0.39, 0.29) is 17.6 Å². The fourth-order valence-electron chi connectivity index (χ4n) is 3.56. The maximum atomic E-state index is 12.0. The van der Waals surface area contributed by atoms with Gasteiger partial charge in [0.05, 0.1) is 26.7 Å². The van der Waals surface area contributed by atoms with Crippen molar-refractivity contribution in [2.24, 2.45) is 11.1 Å². The van der Waals surface area contributed by atoms with Crippen LogP contribution in [0.3, 0.4) is 0 Å². The number of hydrogen-bond donors (Lipinski definition) is 1. The fourth-order valence-corrected chi connectivity index (χ4v) is 3.56. The highest BCUT2D eigenvalue weighted by atomic mass is 16.5. The smallest absolute Gasteiger partial charge is 0.309 e. The van der Waals surface area contributed by atoms with Gasteiger partial charge in [-0.15, -0.1) is 4.91 Å². The van der Waals surface area contributed by atoms with Gasteiger partial charge in [-0.2, -0.15) is 0 Å². The fraction of sp³-hybridized carbons (Fsp3) is 0.476. The summed E-state index contributed by atoms with van der Waals surface area (Å²) in [4.78, 5) is 34.0. The maximum Gasteiger partial charge on any atom is 0.309 e. The van der Waals surface area contributed by atoms with Gasteiger partial charge in [0.15, 0.2) is 17.3 Å². The summed E-state index contributed by atoms with van der Waals surface area (Å²) >= 11 is 0. The summed E-state index contributed by atoms with van der Waals surface area (Å²) in [5, 5.41) is 6.34. The van der Waals surface area contributed by atoms with Crippen LogP contribution in [0, 0.1) is 10.8 Å². The number of carbonyl (C=O) groups is 1. The highest BCUT2D eigenvalue weighted by molar-refractivity contribution is 5.75. The molecule has 0 amide bonds. The Labute approximate surface area is 180 Å². The highest BCUT2D eigenvalue weighted by Crippen LogP contribution is 2.35. The first kappa shape index (κ1) is 22.3. The molecule has 1 saturated heterocycles. The SMILES string of the molecule is CCOC(=O)C1CCN(c2ncnc(NCc3cc(OC)cc(OC)c3)c2N=O)CC1. The number of nitrogens with zero attached hydrogens (tertiary/aromatic N) is 4. The van der Waals surface area contributed by atoms with E-state index in [1.54, 1.807) is 27.2 Å². The van der Waals surface area contributed by atoms with Gasteiger partial charge in [-0.25, -0.2) is 9.97 Å². The number of benzene rings is 1. The molecule has 166 valence electrons. The van der Waals surface area contributed by atoms with Crippen LogP contribution >= 0.6 is 0 Å². The van der Waals surface area contributed by atoms with Crippen molar-refractivity contribution in [2.75, 3.05) is 44.1 Å². The summed E-state index contributed by atoms with van der Waals surface area (Å²) in [7, 11) is 3.17. The van der Waals surface area contributed by atoms with Crippen LogP contribution < -0.4 is 19.7 Å². The Kier molecular flexibility index (Phi) is 7.58. The first-order valence-corrected chi connectivity index (χ1v) is 10.1. The number of ether oxygens (including phenoxy) is 3. The minimum Gasteiger partial charge on any atom is -0.497 e. The van der Waals surface area contributed by atoms with Crippen molar-refractivity contribution in [3.05, 3.63) is 35.0 Å². The summed E-state index contributed by atoms with van der Waals surface area (Å²) in [6, 6.07) is 5.52. The molecule has 10 heteroatoms. The number of carbonyl (C=O) groups excluding carboxylic acids is 1. The molecule has 1 N–H and O–H groups in total. The number of aromatic nitrogens is 2. The van der Waals surface area contributed by atoms with Crippen molar-refractivity contribution >= 4 is 23.3 Å². The second-order valence-corrected chi connectivity index (χ2v) is 7.07. The van der Waals surface area contributed by atoms with E-state index in [1.165, 1.54) is 6.33 Å². The summed E-state index contributed by atoms with van der Waals surface area (Å²) < 4.78 is 15.7. The van der Waals surface area contributed by atoms with Gasteiger partial charge in [0, 0.05) is 25.7 Å². The van der Waals surface area contributed by atoms with E-state index >= 15 is 0 Å². The van der Waals surface area contributed by atoms with Gasteiger partial charge >= 0.3 is 5.97 Å².